The third-order valence-electron chi connectivity index (χ3n) is 5.92. The number of piperazine rings is 1. The predicted octanol–water partition coefficient (Wildman–Crippen LogP) is 2.22. The minimum atomic E-state index is -0.0619. The predicted molar refractivity (Wildman–Crippen MR) is 116 cm³/mol. The molecule has 7 heteroatoms. The van der Waals surface area contributed by atoms with Crippen molar-refractivity contribution >= 4 is 17.8 Å². The Morgan fingerprint density at radius 3 is 2.27 bits per heavy atom. The van der Waals surface area contributed by atoms with Gasteiger partial charge in [0.15, 0.2) is 0 Å². The monoisotopic (exact) mass is 405 g/mol. The molecule has 2 aliphatic rings. The minimum Gasteiger partial charge on any atom is -0.341 e. The lowest BCUT2D eigenvalue weighted by Gasteiger charge is -2.38. The highest BCUT2D eigenvalue weighted by Crippen LogP contribution is 2.25. The van der Waals surface area contributed by atoms with E-state index in [1.165, 1.54) is 6.08 Å². The van der Waals surface area contributed by atoms with Gasteiger partial charge in [-0.3, -0.25) is 9.59 Å². The number of carbonyl (C=O) groups is 2. The minimum absolute atomic E-state index is 0.0280. The number of benzene rings is 1. The van der Waals surface area contributed by atoms with E-state index < -0.39 is 0 Å². The lowest BCUT2D eigenvalue weighted by Crippen LogP contribution is -2.52. The highest BCUT2D eigenvalue weighted by molar-refractivity contribution is 5.87. The van der Waals surface area contributed by atoms with Crippen LogP contribution < -0.4 is 4.90 Å². The number of rotatable bonds is 4. The summed E-state index contributed by atoms with van der Waals surface area (Å²) in [6.45, 7) is 7.42. The summed E-state index contributed by atoms with van der Waals surface area (Å²) in [7, 11) is 0. The number of hydrogen-bond donors (Lipinski definition) is 0. The van der Waals surface area contributed by atoms with E-state index in [0.717, 1.165) is 43.1 Å². The van der Waals surface area contributed by atoms with Gasteiger partial charge in [-0.2, -0.15) is 0 Å². The molecule has 2 aliphatic heterocycles. The lowest BCUT2D eigenvalue weighted by molar-refractivity contribution is -0.141. The Labute approximate surface area is 177 Å². The van der Waals surface area contributed by atoms with Crippen LogP contribution in [0, 0.1) is 5.92 Å². The first-order valence-corrected chi connectivity index (χ1v) is 10.5. The first kappa shape index (κ1) is 20.1. The molecule has 7 nitrogen and oxygen atoms in total. The molecule has 1 aromatic heterocycles. The third-order valence-corrected chi connectivity index (χ3v) is 5.92. The molecule has 3 heterocycles. The van der Waals surface area contributed by atoms with E-state index in [1.54, 1.807) is 11.1 Å². The molecular weight excluding hydrogens is 378 g/mol. The molecule has 0 bridgehead atoms. The van der Waals surface area contributed by atoms with Crippen molar-refractivity contribution in [2.45, 2.75) is 12.8 Å². The Bertz CT molecular complexity index is 901. The van der Waals surface area contributed by atoms with Gasteiger partial charge >= 0.3 is 0 Å². The Morgan fingerprint density at radius 1 is 0.933 bits per heavy atom. The van der Waals surface area contributed by atoms with Crippen molar-refractivity contribution in [3.8, 4) is 11.3 Å². The average molecular weight is 406 g/mol. The second-order valence-corrected chi connectivity index (χ2v) is 7.72. The highest BCUT2D eigenvalue weighted by atomic mass is 16.2. The van der Waals surface area contributed by atoms with E-state index in [2.05, 4.69) is 16.5 Å². The van der Waals surface area contributed by atoms with Gasteiger partial charge in [-0.1, -0.05) is 36.9 Å². The summed E-state index contributed by atoms with van der Waals surface area (Å²) >= 11 is 0. The van der Waals surface area contributed by atoms with Gasteiger partial charge in [-0.15, -0.1) is 0 Å². The summed E-state index contributed by atoms with van der Waals surface area (Å²) in [5, 5.41) is 0. The van der Waals surface area contributed by atoms with Crippen LogP contribution in [0.2, 0.25) is 0 Å². The number of carbonyl (C=O) groups excluding carboxylic acids is 2. The van der Waals surface area contributed by atoms with Gasteiger partial charge < -0.3 is 14.7 Å². The maximum absolute atomic E-state index is 12.9. The first-order chi connectivity index (χ1) is 14.7. The summed E-state index contributed by atoms with van der Waals surface area (Å²) in [6.07, 6.45) is 4.72. The molecule has 1 aromatic carbocycles. The van der Waals surface area contributed by atoms with Crippen LogP contribution in [0.25, 0.3) is 11.3 Å². The van der Waals surface area contributed by atoms with Gasteiger partial charge in [0.25, 0.3) is 0 Å². The fourth-order valence-corrected chi connectivity index (χ4v) is 4.13. The van der Waals surface area contributed by atoms with Gasteiger partial charge in [-0.25, -0.2) is 9.97 Å². The SMILES string of the molecule is C=CC(=O)N1CCN(C(=O)C2CCN(c3nccc(-c4ccccc4)n3)CC2)CC1. The molecule has 0 atom stereocenters. The van der Waals surface area contributed by atoms with Crippen LogP contribution in [0.3, 0.4) is 0 Å². The van der Waals surface area contributed by atoms with Crippen LogP contribution >= 0.6 is 0 Å². The van der Waals surface area contributed by atoms with Crippen molar-refractivity contribution in [3.63, 3.8) is 0 Å². The van der Waals surface area contributed by atoms with Gasteiger partial charge in [0.2, 0.25) is 17.8 Å². The lowest BCUT2D eigenvalue weighted by atomic mass is 9.95. The summed E-state index contributed by atoms with van der Waals surface area (Å²) in [5.74, 6) is 0.895. The molecule has 0 spiro atoms. The van der Waals surface area contributed by atoms with E-state index in [9.17, 15) is 9.59 Å². The van der Waals surface area contributed by atoms with Crippen LogP contribution in [0.4, 0.5) is 5.95 Å². The number of aromatic nitrogens is 2. The quantitative estimate of drug-likeness (QED) is 0.730. The molecular formula is C23H27N5O2. The molecule has 2 amide bonds. The van der Waals surface area contributed by atoms with E-state index in [4.69, 9.17) is 4.98 Å². The van der Waals surface area contributed by atoms with Crippen molar-refractivity contribution in [2.75, 3.05) is 44.2 Å². The number of nitrogens with zero attached hydrogens (tertiary/aromatic N) is 5. The molecule has 0 aliphatic carbocycles. The maximum atomic E-state index is 12.9. The zero-order chi connectivity index (χ0) is 20.9. The molecule has 0 N–H and O–H groups in total. The van der Waals surface area contributed by atoms with Crippen LogP contribution in [-0.2, 0) is 9.59 Å². The summed E-state index contributed by atoms with van der Waals surface area (Å²) in [4.78, 5) is 39.7. The standard InChI is InChI=1S/C23H27N5O2/c1-2-21(29)26-14-16-27(17-15-26)22(30)19-9-12-28(13-10-19)23-24-11-8-20(25-23)18-6-4-3-5-7-18/h2-8,11,19H,1,9-10,12-17H2. The number of amides is 2. The summed E-state index contributed by atoms with van der Waals surface area (Å²) < 4.78 is 0. The van der Waals surface area contributed by atoms with Crippen molar-refractivity contribution < 1.29 is 9.59 Å². The van der Waals surface area contributed by atoms with E-state index in [-0.39, 0.29) is 17.7 Å². The second kappa shape index (κ2) is 9.07. The Balaban J connectivity index is 1.33. The average Bonchev–Trinajstić information content (AvgIpc) is 2.84. The normalized spacial score (nSPS) is 17.7. The van der Waals surface area contributed by atoms with Crippen molar-refractivity contribution in [1.29, 1.82) is 0 Å². The zero-order valence-electron chi connectivity index (χ0n) is 17.1. The molecule has 0 radical (unpaired) electrons. The fourth-order valence-electron chi connectivity index (χ4n) is 4.13. The number of hydrogen-bond acceptors (Lipinski definition) is 5. The van der Waals surface area contributed by atoms with Crippen molar-refractivity contribution in [2.24, 2.45) is 5.92 Å². The van der Waals surface area contributed by atoms with Crippen molar-refractivity contribution in [3.05, 3.63) is 55.3 Å². The second-order valence-electron chi connectivity index (χ2n) is 7.72. The van der Waals surface area contributed by atoms with Gasteiger partial charge in [0.05, 0.1) is 5.69 Å². The van der Waals surface area contributed by atoms with Crippen LogP contribution in [0.15, 0.2) is 55.3 Å². The van der Waals surface area contributed by atoms with E-state index in [0.29, 0.717) is 26.2 Å². The van der Waals surface area contributed by atoms with E-state index in [1.807, 2.05) is 41.3 Å². The summed E-state index contributed by atoms with van der Waals surface area (Å²) in [5.41, 5.74) is 1.98. The molecule has 4 rings (SSSR count). The van der Waals surface area contributed by atoms with Gasteiger partial charge in [0.1, 0.15) is 0 Å². The molecule has 0 saturated carbocycles. The molecule has 0 unspecified atom stereocenters. The Hall–Kier alpha value is -3.22. The Morgan fingerprint density at radius 2 is 1.60 bits per heavy atom. The maximum Gasteiger partial charge on any atom is 0.246 e. The number of piperidine rings is 1. The zero-order valence-corrected chi connectivity index (χ0v) is 17.1. The fraction of sp³-hybridized carbons (Fsp3) is 0.391. The van der Waals surface area contributed by atoms with Crippen LogP contribution in [-0.4, -0.2) is 70.9 Å². The number of anilines is 1. The molecule has 156 valence electrons. The van der Waals surface area contributed by atoms with E-state index >= 15 is 0 Å². The largest absolute Gasteiger partial charge is 0.341 e. The van der Waals surface area contributed by atoms with Gasteiger partial charge in [-0.05, 0) is 25.0 Å². The Kier molecular flexibility index (Phi) is 6.07. The molecule has 30 heavy (non-hydrogen) atoms. The molecule has 2 fully saturated rings. The van der Waals surface area contributed by atoms with Crippen LogP contribution in [0.1, 0.15) is 12.8 Å². The highest BCUT2D eigenvalue weighted by Gasteiger charge is 2.31. The third kappa shape index (κ3) is 4.35. The van der Waals surface area contributed by atoms with Crippen molar-refractivity contribution in [1.82, 2.24) is 19.8 Å². The smallest absolute Gasteiger partial charge is 0.246 e. The van der Waals surface area contributed by atoms with Gasteiger partial charge in [0, 0.05) is 56.9 Å². The topological polar surface area (TPSA) is 69.6 Å². The summed E-state index contributed by atoms with van der Waals surface area (Å²) in [6, 6.07) is 12.0. The molecule has 2 aromatic rings. The molecule has 2 saturated heterocycles. The first-order valence-electron chi connectivity index (χ1n) is 10.5. The van der Waals surface area contributed by atoms with Crippen LogP contribution in [0.5, 0.6) is 0 Å².